The fourth-order valence-corrected chi connectivity index (χ4v) is 3.17. The highest BCUT2D eigenvalue weighted by Gasteiger charge is 2.31. The van der Waals surface area contributed by atoms with E-state index in [2.05, 4.69) is 5.32 Å². The van der Waals surface area contributed by atoms with Gasteiger partial charge in [-0.15, -0.1) is 12.4 Å². The van der Waals surface area contributed by atoms with Crippen molar-refractivity contribution in [3.8, 4) is 5.75 Å². The maximum atomic E-state index is 12.4. The molecule has 0 aromatic heterocycles. The van der Waals surface area contributed by atoms with E-state index < -0.39 is 6.10 Å². The van der Waals surface area contributed by atoms with E-state index in [9.17, 15) is 19.5 Å². The molecule has 0 aliphatic carbocycles. The third-order valence-corrected chi connectivity index (χ3v) is 4.91. The van der Waals surface area contributed by atoms with E-state index in [1.807, 2.05) is 24.3 Å². The van der Waals surface area contributed by atoms with Crippen molar-refractivity contribution in [2.24, 2.45) is 5.73 Å². The zero-order chi connectivity index (χ0) is 21.5. The van der Waals surface area contributed by atoms with E-state index in [0.29, 0.717) is 24.4 Å². The number of ether oxygens (including phenoxy) is 1. The van der Waals surface area contributed by atoms with Crippen molar-refractivity contribution >= 4 is 30.0 Å². The van der Waals surface area contributed by atoms with E-state index in [1.54, 1.807) is 24.3 Å². The average molecular weight is 448 g/mol. The number of ketones is 1. The van der Waals surface area contributed by atoms with E-state index in [-0.39, 0.29) is 56.1 Å². The molecule has 4 N–H and O–H groups in total. The van der Waals surface area contributed by atoms with Gasteiger partial charge < -0.3 is 25.8 Å². The maximum absolute atomic E-state index is 12.4. The van der Waals surface area contributed by atoms with Crippen LogP contribution in [-0.2, 0) is 22.7 Å². The average Bonchev–Trinajstić information content (AvgIpc) is 3.11. The van der Waals surface area contributed by atoms with Crippen LogP contribution < -0.4 is 15.8 Å². The minimum absolute atomic E-state index is 0. The standard InChI is InChI=1S/C22H25N3O5.ClH/c23-11-16-3-1-2-4-18(16)22(29)24-12-15-5-7-17(8-6-15)30-10-9-21(28)25-13-19(26)20(27)14-25;/h1-8,19,26H,9-14,23H2,(H,24,29);1H. The number of aliphatic hydroxyl groups is 1. The van der Waals surface area contributed by atoms with Crippen molar-refractivity contribution in [2.45, 2.75) is 25.6 Å². The normalized spacial score (nSPS) is 15.4. The number of likely N-dealkylation sites (tertiary alicyclic amines) is 1. The molecule has 1 unspecified atom stereocenters. The molecule has 1 saturated heterocycles. The van der Waals surface area contributed by atoms with Crippen molar-refractivity contribution in [1.29, 1.82) is 0 Å². The number of hydrogen-bond acceptors (Lipinski definition) is 6. The summed E-state index contributed by atoms with van der Waals surface area (Å²) in [5, 5.41) is 12.3. The quantitative estimate of drug-likeness (QED) is 0.555. The van der Waals surface area contributed by atoms with Gasteiger partial charge in [-0.3, -0.25) is 14.4 Å². The number of halogens is 1. The third-order valence-electron chi connectivity index (χ3n) is 4.91. The summed E-state index contributed by atoms with van der Waals surface area (Å²) in [7, 11) is 0. The predicted molar refractivity (Wildman–Crippen MR) is 117 cm³/mol. The van der Waals surface area contributed by atoms with Crippen LogP contribution in [0.2, 0.25) is 0 Å². The lowest BCUT2D eigenvalue weighted by Gasteiger charge is -2.14. The molecule has 1 atom stereocenters. The Kier molecular flexibility index (Phi) is 8.99. The van der Waals surface area contributed by atoms with Crippen molar-refractivity contribution in [1.82, 2.24) is 10.2 Å². The minimum atomic E-state index is -1.08. The zero-order valence-electron chi connectivity index (χ0n) is 17.0. The van der Waals surface area contributed by atoms with E-state index >= 15 is 0 Å². The van der Waals surface area contributed by atoms with Crippen LogP contribution >= 0.6 is 12.4 Å². The Bertz CT molecular complexity index is 920. The van der Waals surface area contributed by atoms with Gasteiger partial charge in [-0.05, 0) is 29.3 Å². The number of nitrogens with one attached hydrogen (secondary N) is 1. The molecule has 1 aliphatic heterocycles. The predicted octanol–water partition coefficient (Wildman–Crippen LogP) is 1.04. The number of carbonyl (C=O) groups is 3. The third kappa shape index (κ3) is 6.52. The zero-order valence-corrected chi connectivity index (χ0v) is 17.8. The summed E-state index contributed by atoms with van der Waals surface area (Å²) in [5.41, 5.74) is 7.94. The summed E-state index contributed by atoms with van der Waals surface area (Å²) >= 11 is 0. The number of rotatable bonds is 8. The molecule has 0 radical (unpaired) electrons. The molecule has 0 saturated carbocycles. The Labute approximate surface area is 186 Å². The van der Waals surface area contributed by atoms with Crippen LogP contribution in [0.3, 0.4) is 0 Å². The van der Waals surface area contributed by atoms with Crippen molar-refractivity contribution < 1.29 is 24.2 Å². The van der Waals surface area contributed by atoms with Crippen LogP contribution in [0.25, 0.3) is 0 Å². The van der Waals surface area contributed by atoms with Crippen molar-refractivity contribution in [3.63, 3.8) is 0 Å². The van der Waals surface area contributed by atoms with Gasteiger partial charge in [0.05, 0.1) is 26.1 Å². The van der Waals surface area contributed by atoms with Crippen LogP contribution in [0.15, 0.2) is 48.5 Å². The largest absolute Gasteiger partial charge is 0.493 e. The van der Waals surface area contributed by atoms with Gasteiger partial charge in [-0.1, -0.05) is 30.3 Å². The number of nitrogens with zero attached hydrogens (tertiary/aromatic N) is 1. The minimum Gasteiger partial charge on any atom is -0.493 e. The lowest BCUT2D eigenvalue weighted by molar-refractivity contribution is -0.132. The summed E-state index contributed by atoms with van der Waals surface area (Å²) in [6.45, 7) is 0.837. The highest BCUT2D eigenvalue weighted by Crippen LogP contribution is 2.14. The molecule has 9 heteroatoms. The van der Waals surface area contributed by atoms with Crippen molar-refractivity contribution in [3.05, 3.63) is 65.2 Å². The Hall–Kier alpha value is -2.94. The summed E-state index contributed by atoms with van der Waals surface area (Å²) in [6.07, 6.45) is -0.954. The lowest BCUT2D eigenvalue weighted by atomic mass is 10.1. The first-order valence-corrected chi connectivity index (χ1v) is 9.74. The first kappa shape index (κ1) is 24.3. The second kappa shape index (κ2) is 11.5. The first-order valence-electron chi connectivity index (χ1n) is 9.74. The Morgan fingerprint density at radius 1 is 1.16 bits per heavy atom. The van der Waals surface area contributed by atoms with E-state index in [1.165, 1.54) is 4.90 Å². The lowest BCUT2D eigenvalue weighted by Crippen LogP contribution is -2.30. The van der Waals surface area contributed by atoms with Gasteiger partial charge in [0.15, 0.2) is 5.78 Å². The molecular formula is C22H26ClN3O5. The molecule has 0 spiro atoms. The summed E-state index contributed by atoms with van der Waals surface area (Å²) < 4.78 is 5.57. The van der Waals surface area contributed by atoms with Gasteiger partial charge in [0.25, 0.3) is 5.91 Å². The number of hydrogen-bond donors (Lipinski definition) is 3. The molecule has 31 heavy (non-hydrogen) atoms. The van der Waals surface area contributed by atoms with E-state index in [4.69, 9.17) is 10.5 Å². The molecule has 2 amide bonds. The number of nitrogens with two attached hydrogens (primary N) is 1. The topological polar surface area (TPSA) is 122 Å². The van der Waals surface area contributed by atoms with Gasteiger partial charge in [-0.2, -0.15) is 0 Å². The summed E-state index contributed by atoms with van der Waals surface area (Å²) in [6, 6.07) is 14.4. The van der Waals surface area contributed by atoms with Crippen molar-refractivity contribution in [2.75, 3.05) is 19.7 Å². The molecule has 2 aromatic carbocycles. The maximum Gasteiger partial charge on any atom is 0.251 e. The number of β-amino-alcohol motifs (C(OH)–C–C–N with tert-alkyl or cyclic N) is 1. The Morgan fingerprint density at radius 3 is 2.52 bits per heavy atom. The molecule has 1 heterocycles. The number of carbonyl (C=O) groups excluding carboxylic acids is 3. The van der Waals surface area contributed by atoms with Crippen LogP contribution in [-0.4, -0.2) is 53.4 Å². The SMILES string of the molecule is Cl.NCc1ccccc1C(=O)NCc1ccc(OCCC(=O)N2CC(=O)C(O)C2)cc1. The molecule has 3 rings (SSSR count). The molecule has 2 aromatic rings. The molecule has 166 valence electrons. The Balaban J connectivity index is 0.00000341. The van der Waals surface area contributed by atoms with Gasteiger partial charge >= 0.3 is 0 Å². The van der Waals surface area contributed by atoms with E-state index in [0.717, 1.165) is 11.1 Å². The fraction of sp³-hybridized carbons (Fsp3) is 0.318. The summed E-state index contributed by atoms with van der Waals surface area (Å²) in [4.78, 5) is 37.0. The van der Waals surface area contributed by atoms with Crippen LogP contribution in [0.5, 0.6) is 5.75 Å². The van der Waals surface area contributed by atoms with Gasteiger partial charge in [0.1, 0.15) is 11.9 Å². The monoisotopic (exact) mass is 447 g/mol. The smallest absolute Gasteiger partial charge is 0.251 e. The molecule has 0 bridgehead atoms. The number of amides is 2. The highest BCUT2D eigenvalue weighted by molar-refractivity contribution is 5.95. The van der Waals surface area contributed by atoms with Crippen LogP contribution in [0.1, 0.15) is 27.9 Å². The Morgan fingerprint density at radius 2 is 1.87 bits per heavy atom. The second-order valence-electron chi connectivity index (χ2n) is 7.04. The van der Waals surface area contributed by atoms with Crippen LogP contribution in [0.4, 0.5) is 0 Å². The van der Waals surface area contributed by atoms with Crippen LogP contribution in [0, 0.1) is 0 Å². The molecular weight excluding hydrogens is 422 g/mol. The molecule has 8 nitrogen and oxygen atoms in total. The van der Waals surface area contributed by atoms with Gasteiger partial charge in [-0.25, -0.2) is 0 Å². The van der Waals surface area contributed by atoms with Gasteiger partial charge in [0, 0.05) is 18.7 Å². The first-order chi connectivity index (χ1) is 14.5. The number of Topliss-reactive ketones (excluding diaryl/α,β-unsaturated/α-hetero) is 1. The number of benzene rings is 2. The molecule has 1 aliphatic rings. The second-order valence-corrected chi connectivity index (χ2v) is 7.04. The number of aliphatic hydroxyl groups excluding tert-OH is 1. The fourth-order valence-electron chi connectivity index (χ4n) is 3.17. The molecule has 1 fully saturated rings. The summed E-state index contributed by atoms with van der Waals surface area (Å²) in [5.74, 6) is -0.139. The highest BCUT2D eigenvalue weighted by atomic mass is 35.5. The van der Waals surface area contributed by atoms with Gasteiger partial charge in [0.2, 0.25) is 5.91 Å².